The normalized spacial score (nSPS) is 29.3. The third-order valence-corrected chi connectivity index (χ3v) is 4.35. The first-order chi connectivity index (χ1) is 11.0. The number of hydrogen-bond donors (Lipinski definition) is 4. The summed E-state index contributed by atoms with van der Waals surface area (Å²) >= 11 is 4.29. The van der Waals surface area contributed by atoms with Gasteiger partial charge in [-0.1, -0.05) is 12.1 Å². The summed E-state index contributed by atoms with van der Waals surface area (Å²) in [5.74, 6) is 0. The van der Waals surface area contributed by atoms with Gasteiger partial charge in [-0.3, -0.25) is 4.99 Å². The van der Waals surface area contributed by atoms with Crippen molar-refractivity contribution in [1.82, 2.24) is 5.32 Å². The topological polar surface area (TPSA) is 79.9 Å². The van der Waals surface area contributed by atoms with Gasteiger partial charge < -0.3 is 20.9 Å². The molecule has 0 amide bonds. The van der Waals surface area contributed by atoms with Crippen LogP contribution in [0.25, 0.3) is 5.70 Å². The summed E-state index contributed by atoms with van der Waals surface area (Å²) in [6, 6.07) is 7.72. The number of aliphatic imine (C=N–C) groups is 1. The maximum absolute atomic E-state index is 10.7. The van der Waals surface area contributed by atoms with Gasteiger partial charge in [-0.25, -0.2) is 0 Å². The highest BCUT2D eigenvalue weighted by molar-refractivity contribution is 7.80. The van der Waals surface area contributed by atoms with Crippen LogP contribution in [0.2, 0.25) is 0 Å². The Kier molecular flexibility index (Phi) is 4.48. The van der Waals surface area contributed by atoms with Gasteiger partial charge in [-0.15, -0.1) is 12.6 Å². The Hall–Kier alpha value is -1.76. The van der Waals surface area contributed by atoms with Gasteiger partial charge >= 0.3 is 0 Å². The monoisotopic (exact) mass is 331 g/mol. The Morgan fingerprint density at radius 2 is 2.17 bits per heavy atom. The molecule has 1 saturated heterocycles. The first kappa shape index (κ1) is 16.1. The van der Waals surface area contributed by atoms with E-state index >= 15 is 0 Å². The number of allylic oxidation sites excluding steroid dienone is 1. The van der Waals surface area contributed by atoms with Crippen LogP contribution < -0.4 is 11.1 Å². The molecule has 1 aromatic rings. The molecule has 1 fully saturated rings. The first-order valence-electron chi connectivity index (χ1n) is 7.59. The molecule has 2 atom stereocenters. The van der Waals surface area contributed by atoms with Gasteiger partial charge in [0.2, 0.25) is 0 Å². The molecule has 0 aliphatic carbocycles. The van der Waals surface area contributed by atoms with E-state index in [0.717, 1.165) is 29.2 Å². The Bertz CT molecular complexity index is 672. The van der Waals surface area contributed by atoms with Crippen molar-refractivity contribution in [2.24, 2.45) is 10.7 Å². The SMILES string of the molecule is CC1(O)N=CC=C(NC2CCOC2)C1=C(N)c1ccc(S)cc1. The molecule has 3 rings (SSSR count). The van der Waals surface area contributed by atoms with Crippen LogP contribution in [0, 0.1) is 0 Å². The minimum absolute atomic E-state index is 0.214. The Labute approximate surface area is 141 Å². The summed E-state index contributed by atoms with van der Waals surface area (Å²) in [5.41, 5.74) is 7.68. The number of dihydropyridines is 1. The maximum Gasteiger partial charge on any atom is 0.183 e. The van der Waals surface area contributed by atoms with Crippen LogP contribution in [0.1, 0.15) is 18.9 Å². The van der Waals surface area contributed by atoms with Crippen molar-refractivity contribution in [3.63, 3.8) is 0 Å². The molecule has 2 heterocycles. The lowest BCUT2D eigenvalue weighted by Crippen LogP contribution is -2.38. The minimum atomic E-state index is -1.37. The molecule has 0 radical (unpaired) electrons. The van der Waals surface area contributed by atoms with Gasteiger partial charge in [0.05, 0.1) is 18.2 Å². The molecule has 122 valence electrons. The smallest absolute Gasteiger partial charge is 0.183 e. The van der Waals surface area contributed by atoms with Crippen LogP contribution in [0.4, 0.5) is 0 Å². The van der Waals surface area contributed by atoms with E-state index in [4.69, 9.17) is 10.5 Å². The van der Waals surface area contributed by atoms with Crippen molar-refractivity contribution in [2.45, 2.75) is 30.0 Å². The highest BCUT2D eigenvalue weighted by Gasteiger charge is 2.33. The lowest BCUT2D eigenvalue weighted by Gasteiger charge is -2.30. The van der Waals surface area contributed by atoms with Gasteiger partial charge in [-0.05, 0) is 37.1 Å². The molecule has 6 heteroatoms. The van der Waals surface area contributed by atoms with Crippen LogP contribution >= 0.6 is 12.6 Å². The molecule has 23 heavy (non-hydrogen) atoms. The Morgan fingerprint density at radius 1 is 1.43 bits per heavy atom. The Morgan fingerprint density at radius 3 is 2.83 bits per heavy atom. The predicted octanol–water partition coefficient (Wildman–Crippen LogP) is 1.70. The second kappa shape index (κ2) is 6.39. The zero-order chi connectivity index (χ0) is 16.4. The lowest BCUT2D eigenvalue weighted by molar-refractivity contribution is 0.110. The average molecular weight is 331 g/mol. The summed E-state index contributed by atoms with van der Waals surface area (Å²) in [5, 5.41) is 14.1. The van der Waals surface area contributed by atoms with Crippen molar-refractivity contribution in [1.29, 1.82) is 0 Å². The molecular formula is C17H21N3O2S. The van der Waals surface area contributed by atoms with Crippen LogP contribution in [0.5, 0.6) is 0 Å². The third-order valence-electron chi connectivity index (χ3n) is 4.05. The molecule has 2 unspecified atom stereocenters. The molecule has 2 aliphatic heterocycles. The molecule has 5 nitrogen and oxygen atoms in total. The number of nitrogens with zero attached hydrogens (tertiary/aromatic N) is 1. The van der Waals surface area contributed by atoms with Crippen LogP contribution in [-0.2, 0) is 4.74 Å². The zero-order valence-electron chi connectivity index (χ0n) is 13.0. The molecule has 1 aromatic carbocycles. The quantitative estimate of drug-likeness (QED) is 0.636. The number of aliphatic hydroxyl groups is 1. The van der Waals surface area contributed by atoms with Crippen molar-refractivity contribution in [3.05, 3.63) is 47.2 Å². The molecule has 0 aromatic heterocycles. The number of rotatable bonds is 3. The average Bonchev–Trinajstić information content (AvgIpc) is 3.00. The summed E-state index contributed by atoms with van der Waals surface area (Å²) in [6.07, 6.45) is 4.37. The molecule has 0 spiro atoms. The molecule has 2 aliphatic rings. The third kappa shape index (κ3) is 3.44. The fourth-order valence-corrected chi connectivity index (χ4v) is 2.98. The second-order valence-corrected chi connectivity index (χ2v) is 6.44. The number of thiol groups is 1. The van der Waals surface area contributed by atoms with E-state index in [1.165, 1.54) is 0 Å². The van der Waals surface area contributed by atoms with Crippen LogP contribution in [0.3, 0.4) is 0 Å². The van der Waals surface area contributed by atoms with Gasteiger partial charge in [0.15, 0.2) is 5.72 Å². The fraction of sp³-hybridized carbons (Fsp3) is 0.353. The summed E-state index contributed by atoms with van der Waals surface area (Å²) in [6.45, 7) is 3.03. The van der Waals surface area contributed by atoms with E-state index < -0.39 is 5.72 Å². The van der Waals surface area contributed by atoms with E-state index in [1.54, 1.807) is 13.1 Å². The Balaban J connectivity index is 1.99. The molecular weight excluding hydrogens is 310 g/mol. The highest BCUT2D eigenvalue weighted by Crippen LogP contribution is 2.32. The zero-order valence-corrected chi connectivity index (χ0v) is 13.9. The van der Waals surface area contributed by atoms with E-state index in [-0.39, 0.29) is 6.04 Å². The van der Waals surface area contributed by atoms with E-state index in [9.17, 15) is 5.11 Å². The maximum atomic E-state index is 10.7. The molecule has 0 bridgehead atoms. The van der Waals surface area contributed by atoms with Crippen molar-refractivity contribution in [2.75, 3.05) is 13.2 Å². The first-order valence-corrected chi connectivity index (χ1v) is 8.04. The van der Waals surface area contributed by atoms with Gasteiger partial charge in [-0.2, -0.15) is 0 Å². The number of benzene rings is 1. The van der Waals surface area contributed by atoms with Crippen molar-refractivity contribution in [3.8, 4) is 0 Å². The standard InChI is InChI=1S/C17H21N3O2S/c1-17(21)15(16(18)11-2-4-13(23)5-3-11)14(6-8-19-17)20-12-7-9-22-10-12/h2-6,8,12,20-21,23H,7,9-10,18H2,1H3. The van der Waals surface area contributed by atoms with Crippen LogP contribution in [0.15, 0.2) is 51.5 Å². The van der Waals surface area contributed by atoms with E-state index in [1.807, 2.05) is 30.3 Å². The van der Waals surface area contributed by atoms with Gasteiger partial charge in [0, 0.05) is 29.1 Å². The number of nitrogens with two attached hydrogens (primary N) is 1. The van der Waals surface area contributed by atoms with Crippen molar-refractivity contribution >= 4 is 24.5 Å². The number of ether oxygens (including phenoxy) is 1. The summed E-state index contributed by atoms with van der Waals surface area (Å²) in [7, 11) is 0. The highest BCUT2D eigenvalue weighted by atomic mass is 32.1. The largest absolute Gasteiger partial charge is 0.398 e. The van der Waals surface area contributed by atoms with Gasteiger partial charge in [0.1, 0.15) is 0 Å². The molecule has 4 N–H and O–H groups in total. The fourth-order valence-electron chi connectivity index (χ4n) is 2.83. The number of nitrogens with one attached hydrogen (secondary N) is 1. The molecule has 0 saturated carbocycles. The predicted molar refractivity (Wildman–Crippen MR) is 94.4 cm³/mol. The van der Waals surface area contributed by atoms with E-state index in [0.29, 0.717) is 17.9 Å². The second-order valence-electron chi connectivity index (χ2n) is 5.92. The summed E-state index contributed by atoms with van der Waals surface area (Å²) < 4.78 is 5.40. The minimum Gasteiger partial charge on any atom is -0.398 e. The van der Waals surface area contributed by atoms with Gasteiger partial charge in [0.25, 0.3) is 0 Å². The summed E-state index contributed by atoms with van der Waals surface area (Å²) in [4.78, 5) is 5.02. The lowest BCUT2D eigenvalue weighted by atomic mass is 9.93. The van der Waals surface area contributed by atoms with Crippen LogP contribution in [-0.4, -0.2) is 36.3 Å². The number of hydrogen-bond acceptors (Lipinski definition) is 6. The van der Waals surface area contributed by atoms with E-state index in [2.05, 4.69) is 22.9 Å². The van der Waals surface area contributed by atoms with Crippen molar-refractivity contribution < 1.29 is 9.84 Å².